The third kappa shape index (κ3) is 7.66. The molecule has 0 fully saturated rings. The number of aromatic nitrogens is 1. The Hall–Kier alpha value is -2.72. The number of nitrogens with one attached hydrogen (secondary N) is 4. The highest BCUT2D eigenvalue weighted by atomic mass is 31.2. The molecule has 7 N–H and O–H groups in total. The van der Waals surface area contributed by atoms with Crippen LogP contribution in [0.25, 0.3) is 10.9 Å². The molecule has 1 aromatic heterocycles. The first-order valence-electron chi connectivity index (χ1n) is 11.0. The monoisotopic (exact) mass is 496 g/mol. The summed E-state index contributed by atoms with van der Waals surface area (Å²) >= 11 is 0. The van der Waals surface area contributed by atoms with E-state index in [0.717, 1.165) is 16.5 Å². The van der Waals surface area contributed by atoms with Crippen LogP contribution in [0.15, 0.2) is 30.5 Å². The SMILES string of the molecule is CC(C)CC(NC(C)P(=O)(O)O)C(=O)N[C@@H](Cc1c[nH]c2ccccc12)C(=O)N[C@@H](C)C(=O)O. The number of para-hydroxylation sites is 1. The van der Waals surface area contributed by atoms with E-state index in [0.29, 0.717) is 0 Å². The van der Waals surface area contributed by atoms with E-state index in [4.69, 9.17) is 5.11 Å². The maximum absolute atomic E-state index is 13.1. The van der Waals surface area contributed by atoms with Gasteiger partial charge in [-0.1, -0.05) is 32.0 Å². The molecule has 0 saturated carbocycles. The molecule has 0 saturated heterocycles. The molecule has 1 heterocycles. The van der Waals surface area contributed by atoms with Crippen molar-refractivity contribution in [1.29, 1.82) is 0 Å². The quantitative estimate of drug-likeness (QED) is 0.215. The van der Waals surface area contributed by atoms with Crippen molar-refractivity contribution < 1.29 is 33.8 Å². The van der Waals surface area contributed by atoms with Gasteiger partial charge in [0.2, 0.25) is 11.8 Å². The van der Waals surface area contributed by atoms with Crippen LogP contribution in [0.3, 0.4) is 0 Å². The van der Waals surface area contributed by atoms with E-state index in [9.17, 15) is 28.7 Å². The maximum Gasteiger partial charge on any atom is 0.342 e. The Morgan fingerprint density at radius 2 is 1.62 bits per heavy atom. The molecule has 188 valence electrons. The first kappa shape index (κ1) is 27.5. The number of H-pyrrole nitrogens is 1. The van der Waals surface area contributed by atoms with Crippen LogP contribution in [0, 0.1) is 5.92 Å². The van der Waals surface area contributed by atoms with Gasteiger partial charge in [0.25, 0.3) is 0 Å². The number of hydrogen-bond acceptors (Lipinski definition) is 5. The molecule has 34 heavy (non-hydrogen) atoms. The molecule has 2 aromatic rings. The van der Waals surface area contributed by atoms with Crippen molar-refractivity contribution in [2.45, 2.75) is 64.4 Å². The standard InChI is InChI=1S/C22H33N4O7P/c1-12(2)9-18(25-14(4)34(31,32)33)21(28)26-19(20(27)24-13(3)22(29)30)10-15-11-23-17-8-6-5-7-16(15)17/h5-8,11-14,18-19,23,25H,9-10H2,1-4H3,(H,24,27)(H,26,28)(H,29,30)(H2,31,32,33)/t13-,14?,18?,19-/m0/s1. The number of carbonyl (C=O) groups is 3. The summed E-state index contributed by atoms with van der Waals surface area (Å²) in [5, 5.41) is 17.7. The average Bonchev–Trinajstić information content (AvgIpc) is 3.14. The fourth-order valence-corrected chi connectivity index (χ4v) is 3.86. The molecular formula is C22H33N4O7P. The minimum absolute atomic E-state index is 0.0140. The second-order valence-electron chi connectivity index (χ2n) is 8.81. The summed E-state index contributed by atoms with van der Waals surface area (Å²) in [5.74, 6) is -3.77. The van der Waals surface area contributed by atoms with Crippen molar-refractivity contribution in [3.8, 4) is 0 Å². The first-order valence-corrected chi connectivity index (χ1v) is 12.7. The number of carboxylic acids is 1. The third-order valence-electron chi connectivity index (χ3n) is 5.43. The number of carbonyl (C=O) groups excluding carboxylic acids is 2. The Morgan fingerprint density at radius 1 is 1.00 bits per heavy atom. The van der Waals surface area contributed by atoms with E-state index in [1.54, 1.807) is 6.20 Å². The lowest BCUT2D eigenvalue weighted by atomic mass is 10.0. The van der Waals surface area contributed by atoms with Gasteiger partial charge in [-0.25, -0.2) is 0 Å². The molecular weight excluding hydrogens is 463 g/mol. The van der Waals surface area contributed by atoms with Gasteiger partial charge in [-0.2, -0.15) is 0 Å². The molecule has 0 aliphatic rings. The summed E-state index contributed by atoms with van der Waals surface area (Å²) in [6.07, 6.45) is 2.07. The van der Waals surface area contributed by atoms with Crippen LogP contribution in [0.4, 0.5) is 0 Å². The Kier molecular flexibility index (Phi) is 9.40. The zero-order valence-corrected chi connectivity index (χ0v) is 20.5. The lowest BCUT2D eigenvalue weighted by Gasteiger charge is -2.27. The number of carboxylic acid groups (broad SMARTS) is 1. The van der Waals surface area contributed by atoms with Gasteiger partial charge in [-0.05, 0) is 37.8 Å². The summed E-state index contributed by atoms with van der Waals surface area (Å²) in [7, 11) is -4.49. The predicted octanol–water partition coefficient (Wildman–Crippen LogP) is 1.31. The number of rotatable bonds is 12. The summed E-state index contributed by atoms with van der Waals surface area (Å²) < 4.78 is 11.6. The van der Waals surface area contributed by atoms with Crippen molar-refractivity contribution in [3.05, 3.63) is 36.0 Å². The van der Waals surface area contributed by atoms with Gasteiger partial charge in [-0.15, -0.1) is 0 Å². The van der Waals surface area contributed by atoms with Gasteiger partial charge >= 0.3 is 13.6 Å². The molecule has 1 aromatic carbocycles. The van der Waals surface area contributed by atoms with Crippen LogP contribution in [-0.4, -0.2) is 61.6 Å². The van der Waals surface area contributed by atoms with E-state index >= 15 is 0 Å². The van der Waals surface area contributed by atoms with Crippen molar-refractivity contribution >= 4 is 36.3 Å². The molecule has 12 heteroatoms. The van der Waals surface area contributed by atoms with Gasteiger partial charge in [0.1, 0.15) is 17.9 Å². The highest BCUT2D eigenvalue weighted by molar-refractivity contribution is 7.52. The van der Waals surface area contributed by atoms with Crippen LogP contribution in [0.1, 0.15) is 39.7 Å². The van der Waals surface area contributed by atoms with E-state index in [1.165, 1.54) is 13.8 Å². The van der Waals surface area contributed by atoms with E-state index in [2.05, 4.69) is 20.9 Å². The van der Waals surface area contributed by atoms with E-state index in [-0.39, 0.29) is 18.8 Å². The minimum Gasteiger partial charge on any atom is -0.480 e. The molecule has 4 atom stereocenters. The zero-order chi connectivity index (χ0) is 25.6. The average molecular weight is 497 g/mol. The third-order valence-corrected chi connectivity index (χ3v) is 6.59. The predicted molar refractivity (Wildman–Crippen MR) is 127 cm³/mol. The molecule has 0 aliphatic carbocycles. The lowest BCUT2D eigenvalue weighted by Crippen LogP contribution is -2.56. The minimum atomic E-state index is -4.49. The van der Waals surface area contributed by atoms with Crippen LogP contribution in [0.5, 0.6) is 0 Å². The van der Waals surface area contributed by atoms with Gasteiger partial charge in [0.15, 0.2) is 0 Å². The Balaban J connectivity index is 2.30. The van der Waals surface area contributed by atoms with Gasteiger partial charge in [0, 0.05) is 23.5 Å². The molecule has 2 rings (SSSR count). The molecule has 0 aliphatic heterocycles. The molecule has 0 bridgehead atoms. The fraction of sp³-hybridized carbons (Fsp3) is 0.500. The topological polar surface area (TPSA) is 181 Å². The molecule has 0 spiro atoms. The van der Waals surface area contributed by atoms with Crippen LogP contribution in [0.2, 0.25) is 0 Å². The summed E-state index contributed by atoms with van der Waals surface area (Å²) in [4.78, 5) is 59.3. The second-order valence-corrected chi connectivity index (χ2v) is 10.8. The molecule has 0 radical (unpaired) electrons. The van der Waals surface area contributed by atoms with Gasteiger partial charge in [-0.3, -0.25) is 24.3 Å². The number of amides is 2. The number of aromatic amines is 1. The van der Waals surface area contributed by atoms with Crippen molar-refractivity contribution in [1.82, 2.24) is 20.9 Å². The largest absolute Gasteiger partial charge is 0.480 e. The molecule has 2 unspecified atom stereocenters. The summed E-state index contributed by atoms with van der Waals surface area (Å²) in [5.41, 5.74) is 1.59. The zero-order valence-electron chi connectivity index (χ0n) is 19.6. The number of hydrogen-bond donors (Lipinski definition) is 7. The number of fused-ring (bicyclic) bond motifs is 1. The highest BCUT2D eigenvalue weighted by Crippen LogP contribution is 2.39. The normalized spacial score (nSPS) is 15.5. The van der Waals surface area contributed by atoms with Crippen LogP contribution in [-0.2, 0) is 25.4 Å². The summed E-state index contributed by atoms with van der Waals surface area (Å²) in [6.45, 7) is 6.31. The highest BCUT2D eigenvalue weighted by Gasteiger charge is 2.32. The van der Waals surface area contributed by atoms with Crippen LogP contribution < -0.4 is 16.0 Å². The smallest absolute Gasteiger partial charge is 0.342 e. The summed E-state index contributed by atoms with van der Waals surface area (Å²) in [6, 6.07) is 4.16. The first-order chi connectivity index (χ1) is 15.8. The van der Waals surface area contributed by atoms with Gasteiger partial charge < -0.3 is 30.5 Å². The van der Waals surface area contributed by atoms with E-state index in [1.807, 2.05) is 38.1 Å². The van der Waals surface area contributed by atoms with Crippen LogP contribution >= 0.6 is 7.60 Å². The van der Waals surface area contributed by atoms with Crippen molar-refractivity contribution in [2.24, 2.45) is 5.92 Å². The van der Waals surface area contributed by atoms with E-state index < -0.39 is 49.3 Å². The lowest BCUT2D eigenvalue weighted by molar-refractivity contribution is -0.141. The second kappa shape index (κ2) is 11.6. The maximum atomic E-state index is 13.1. The number of aliphatic carboxylic acids is 1. The molecule has 11 nitrogen and oxygen atoms in total. The van der Waals surface area contributed by atoms with Crippen molar-refractivity contribution in [2.75, 3.05) is 0 Å². The number of benzene rings is 1. The van der Waals surface area contributed by atoms with Gasteiger partial charge in [0.05, 0.1) is 6.04 Å². The van der Waals surface area contributed by atoms with Crippen molar-refractivity contribution in [3.63, 3.8) is 0 Å². The Morgan fingerprint density at radius 3 is 2.21 bits per heavy atom. The Labute approximate surface area is 197 Å². The fourth-order valence-electron chi connectivity index (χ4n) is 3.49. The Bertz CT molecular complexity index is 1060. The molecule has 2 amide bonds.